The molecule has 2 aromatic carbocycles. The number of carbonyl (C=O) groups excluding carboxylic acids is 1. The Morgan fingerprint density at radius 1 is 1.07 bits per heavy atom. The molecule has 1 fully saturated rings. The van der Waals surface area contributed by atoms with Gasteiger partial charge in [0.2, 0.25) is 0 Å². The summed E-state index contributed by atoms with van der Waals surface area (Å²) < 4.78 is 19.4. The number of urea groups is 1. The fraction of sp³-hybridized carbons (Fsp3) is 0.409. The van der Waals surface area contributed by atoms with Crippen molar-refractivity contribution in [3.05, 3.63) is 53.8 Å². The summed E-state index contributed by atoms with van der Waals surface area (Å²) in [6.45, 7) is 2.58. The predicted octanol–water partition coefficient (Wildman–Crippen LogP) is 4.85. The predicted molar refractivity (Wildman–Crippen MR) is 109 cm³/mol. The van der Waals surface area contributed by atoms with Crippen molar-refractivity contribution in [2.24, 2.45) is 0 Å². The molecule has 2 heterocycles. The molecule has 0 spiro atoms. The molecule has 2 N–H and O–H groups in total. The molecule has 0 radical (unpaired) electrons. The molecule has 5 nitrogen and oxygen atoms in total. The lowest BCUT2D eigenvalue weighted by atomic mass is 10.0. The Bertz CT molecular complexity index is 836. The Morgan fingerprint density at radius 3 is 2.75 bits per heavy atom. The smallest absolute Gasteiger partial charge is 0.319 e. The average molecular weight is 383 g/mol. The zero-order valence-corrected chi connectivity index (χ0v) is 15.9. The quantitative estimate of drug-likeness (QED) is 0.797. The first-order chi connectivity index (χ1) is 13.7. The van der Waals surface area contributed by atoms with Crippen LogP contribution in [0.2, 0.25) is 0 Å². The summed E-state index contributed by atoms with van der Waals surface area (Å²) >= 11 is 0. The van der Waals surface area contributed by atoms with E-state index in [1.54, 1.807) is 6.07 Å². The summed E-state index contributed by atoms with van der Waals surface area (Å²) in [5.41, 5.74) is 2.54. The molecule has 1 atom stereocenters. The number of ether oxygens (including phenoxy) is 1. The Labute approximate surface area is 164 Å². The highest BCUT2D eigenvalue weighted by atomic mass is 19.1. The maximum atomic E-state index is 13.8. The highest BCUT2D eigenvalue weighted by Gasteiger charge is 2.23. The number of piperidine rings is 1. The number of para-hydroxylation sites is 2. The molecule has 0 aliphatic carbocycles. The highest BCUT2D eigenvalue weighted by molar-refractivity contribution is 5.93. The monoisotopic (exact) mass is 383 g/mol. The largest absolute Gasteiger partial charge is 0.493 e. The average Bonchev–Trinajstić information content (AvgIpc) is 2.91. The van der Waals surface area contributed by atoms with Gasteiger partial charge in [0.15, 0.2) is 0 Å². The van der Waals surface area contributed by atoms with E-state index in [0.717, 1.165) is 30.9 Å². The number of hydrogen-bond donors (Lipinski definition) is 2. The van der Waals surface area contributed by atoms with E-state index >= 15 is 0 Å². The summed E-state index contributed by atoms with van der Waals surface area (Å²) in [7, 11) is 0. The first-order valence-corrected chi connectivity index (χ1v) is 10.0. The minimum atomic E-state index is -0.327. The first-order valence-electron chi connectivity index (χ1n) is 10.0. The number of anilines is 2. The molecule has 148 valence electrons. The molecular weight excluding hydrogens is 357 g/mol. The second-order valence-electron chi connectivity index (χ2n) is 7.39. The number of carbonyl (C=O) groups is 1. The van der Waals surface area contributed by atoms with Gasteiger partial charge in [-0.05, 0) is 62.4 Å². The molecule has 28 heavy (non-hydrogen) atoms. The molecule has 1 saturated heterocycles. The van der Waals surface area contributed by atoms with E-state index in [-0.39, 0.29) is 17.9 Å². The van der Waals surface area contributed by atoms with Crippen molar-refractivity contribution in [3.8, 4) is 5.75 Å². The van der Waals surface area contributed by atoms with Gasteiger partial charge >= 0.3 is 6.03 Å². The van der Waals surface area contributed by atoms with E-state index in [1.807, 2.05) is 24.3 Å². The molecule has 2 aromatic rings. The number of nitrogens with zero attached hydrogens (tertiary/aromatic N) is 1. The van der Waals surface area contributed by atoms with E-state index < -0.39 is 0 Å². The molecule has 2 aliphatic heterocycles. The topological polar surface area (TPSA) is 53.6 Å². The Kier molecular flexibility index (Phi) is 5.65. The summed E-state index contributed by atoms with van der Waals surface area (Å²) in [5.74, 6) is 0.310. The number of amides is 2. The molecule has 6 heteroatoms. The minimum Gasteiger partial charge on any atom is -0.493 e. The second kappa shape index (κ2) is 8.50. The van der Waals surface area contributed by atoms with Gasteiger partial charge in [0.05, 0.1) is 24.0 Å². The van der Waals surface area contributed by atoms with Crippen molar-refractivity contribution in [2.75, 3.05) is 29.9 Å². The van der Waals surface area contributed by atoms with Crippen LogP contribution in [0.4, 0.5) is 20.6 Å². The number of benzene rings is 2. The maximum Gasteiger partial charge on any atom is 0.319 e. The van der Waals surface area contributed by atoms with Crippen LogP contribution < -0.4 is 20.3 Å². The molecule has 0 bridgehead atoms. The van der Waals surface area contributed by atoms with Gasteiger partial charge in [-0.25, -0.2) is 9.18 Å². The Morgan fingerprint density at radius 2 is 1.89 bits per heavy atom. The summed E-state index contributed by atoms with van der Waals surface area (Å²) in [6, 6.07) is 11.8. The van der Waals surface area contributed by atoms with Crippen molar-refractivity contribution in [2.45, 2.75) is 38.1 Å². The molecular formula is C22H26FN3O2. The number of hydrogen-bond acceptors (Lipinski definition) is 3. The molecule has 0 saturated carbocycles. The zero-order valence-electron chi connectivity index (χ0n) is 15.9. The van der Waals surface area contributed by atoms with Crippen molar-refractivity contribution in [1.82, 2.24) is 5.32 Å². The number of nitrogens with one attached hydrogen (secondary N) is 2. The first kappa shape index (κ1) is 18.6. The van der Waals surface area contributed by atoms with Gasteiger partial charge in [0.25, 0.3) is 0 Å². The third-order valence-electron chi connectivity index (χ3n) is 5.40. The van der Waals surface area contributed by atoms with Gasteiger partial charge in [0.1, 0.15) is 11.6 Å². The molecule has 0 aromatic heterocycles. The zero-order chi connectivity index (χ0) is 19.3. The van der Waals surface area contributed by atoms with Crippen LogP contribution in [0.1, 0.15) is 43.7 Å². The lowest BCUT2D eigenvalue weighted by Gasteiger charge is -2.30. The third-order valence-corrected chi connectivity index (χ3v) is 5.40. The van der Waals surface area contributed by atoms with E-state index in [2.05, 4.69) is 15.5 Å². The Hall–Kier alpha value is -2.76. The highest BCUT2D eigenvalue weighted by Crippen LogP contribution is 2.33. The van der Waals surface area contributed by atoms with Gasteiger partial charge in [0, 0.05) is 18.7 Å². The van der Waals surface area contributed by atoms with Crippen LogP contribution in [0.3, 0.4) is 0 Å². The van der Waals surface area contributed by atoms with E-state index in [9.17, 15) is 9.18 Å². The summed E-state index contributed by atoms with van der Waals surface area (Å²) in [4.78, 5) is 15.1. The van der Waals surface area contributed by atoms with Gasteiger partial charge in [-0.15, -0.1) is 0 Å². The minimum absolute atomic E-state index is 0.282. The van der Waals surface area contributed by atoms with E-state index in [0.29, 0.717) is 24.3 Å². The summed E-state index contributed by atoms with van der Waals surface area (Å²) in [5, 5.41) is 6.00. The normalized spacial score (nSPS) is 19.2. The van der Waals surface area contributed by atoms with Crippen LogP contribution in [0, 0.1) is 5.82 Å². The molecule has 4 rings (SSSR count). The second-order valence-corrected chi connectivity index (χ2v) is 7.39. The number of fused-ring (bicyclic) bond motifs is 1. The van der Waals surface area contributed by atoms with Crippen LogP contribution in [-0.2, 0) is 0 Å². The summed E-state index contributed by atoms with van der Waals surface area (Å²) in [6.07, 6.45) is 5.10. The van der Waals surface area contributed by atoms with Crippen molar-refractivity contribution < 1.29 is 13.9 Å². The lowest BCUT2D eigenvalue weighted by molar-refractivity contribution is 0.247. The van der Waals surface area contributed by atoms with Crippen molar-refractivity contribution >= 4 is 17.4 Å². The molecule has 2 aliphatic rings. The fourth-order valence-corrected chi connectivity index (χ4v) is 4.00. The number of rotatable bonds is 3. The van der Waals surface area contributed by atoms with Crippen LogP contribution in [-0.4, -0.2) is 25.7 Å². The van der Waals surface area contributed by atoms with E-state index in [4.69, 9.17) is 4.74 Å². The van der Waals surface area contributed by atoms with E-state index in [1.165, 1.54) is 31.4 Å². The van der Waals surface area contributed by atoms with Crippen LogP contribution in [0.15, 0.2) is 42.5 Å². The Balaban J connectivity index is 1.49. The fourth-order valence-electron chi connectivity index (χ4n) is 4.00. The van der Waals surface area contributed by atoms with Gasteiger partial charge in [-0.3, -0.25) is 0 Å². The third kappa shape index (κ3) is 4.21. The van der Waals surface area contributed by atoms with Gasteiger partial charge in [-0.1, -0.05) is 12.1 Å². The van der Waals surface area contributed by atoms with Crippen LogP contribution in [0.5, 0.6) is 5.75 Å². The standard InChI is InChI=1S/C22H26FN3O2/c23-16-10-11-21-17(15-16)18(8-6-14-28-21)24-22(27)25-19-7-2-3-9-20(19)26-12-4-1-5-13-26/h2-3,7,9-11,15,18H,1,4-6,8,12-14H2,(H2,24,25,27). The van der Waals surface area contributed by atoms with Gasteiger partial charge < -0.3 is 20.3 Å². The maximum absolute atomic E-state index is 13.8. The van der Waals surface area contributed by atoms with Crippen LogP contribution in [0.25, 0.3) is 0 Å². The van der Waals surface area contributed by atoms with Crippen molar-refractivity contribution in [1.29, 1.82) is 0 Å². The van der Waals surface area contributed by atoms with Gasteiger partial charge in [-0.2, -0.15) is 0 Å². The molecule has 2 amide bonds. The van der Waals surface area contributed by atoms with Crippen molar-refractivity contribution in [3.63, 3.8) is 0 Å². The SMILES string of the molecule is O=C(Nc1ccccc1N1CCCCC1)NC1CCCOc2ccc(F)cc21. The van der Waals surface area contributed by atoms with Crippen LogP contribution >= 0.6 is 0 Å². The number of halogens is 1. The lowest BCUT2D eigenvalue weighted by Crippen LogP contribution is -2.34. The molecule has 1 unspecified atom stereocenters.